The number of unbranched alkanes of at least 4 members (excludes halogenated alkanes) is 10. The number of allylic oxidation sites excluding steroid dienone is 1. The van der Waals surface area contributed by atoms with Crippen LogP contribution in [0.15, 0.2) is 24.3 Å². The van der Waals surface area contributed by atoms with E-state index >= 15 is 0 Å². The van der Waals surface area contributed by atoms with Gasteiger partial charge in [0, 0.05) is 5.57 Å². The maximum absolute atomic E-state index is 10.5. The normalized spacial score (nSPS) is 10.7. The van der Waals surface area contributed by atoms with Crippen molar-refractivity contribution < 1.29 is 19.8 Å². The van der Waals surface area contributed by atoms with E-state index in [9.17, 15) is 9.59 Å². The lowest BCUT2D eigenvalue weighted by Crippen LogP contribution is -1.95. The van der Waals surface area contributed by atoms with Crippen LogP contribution < -0.4 is 0 Å². The Morgan fingerprint density at radius 2 is 1.33 bits per heavy atom. The molecular formula is C20H36O4. The van der Waals surface area contributed by atoms with E-state index in [1.807, 2.05) is 6.08 Å². The molecule has 0 fully saturated rings. The summed E-state index contributed by atoms with van der Waals surface area (Å²) in [5, 5.41) is 16.5. The van der Waals surface area contributed by atoms with Crippen molar-refractivity contribution in [3.63, 3.8) is 0 Å². The third-order valence-electron chi connectivity index (χ3n) is 3.66. The first-order valence-electron chi connectivity index (χ1n) is 9.18. The molecule has 0 spiro atoms. The lowest BCUT2D eigenvalue weighted by atomic mass is 10.1. The highest BCUT2D eigenvalue weighted by Gasteiger charge is 1.97. The summed E-state index contributed by atoms with van der Waals surface area (Å²) in [7, 11) is 0. The first-order chi connectivity index (χ1) is 11.5. The second kappa shape index (κ2) is 19.5. The van der Waals surface area contributed by atoms with Crippen molar-refractivity contribution in [2.75, 3.05) is 0 Å². The Morgan fingerprint density at radius 1 is 0.875 bits per heavy atom. The average molecular weight is 341 g/mol. The van der Waals surface area contributed by atoms with Gasteiger partial charge in [0.25, 0.3) is 0 Å². The van der Waals surface area contributed by atoms with Crippen LogP contribution in [0.1, 0.15) is 90.9 Å². The van der Waals surface area contributed by atoms with Crippen molar-refractivity contribution in [3.8, 4) is 0 Å². The molecule has 0 aliphatic heterocycles. The minimum absolute atomic E-state index is 0.0556. The van der Waals surface area contributed by atoms with E-state index < -0.39 is 11.9 Å². The van der Waals surface area contributed by atoms with Crippen LogP contribution >= 0.6 is 0 Å². The highest BCUT2D eigenvalue weighted by atomic mass is 16.4. The summed E-state index contributed by atoms with van der Waals surface area (Å²) < 4.78 is 0. The number of carboxylic acid groups (broad SMARTS) is 2. The average Bonchev–Trinajstić information content (AvgIpc) is 2.52. The van der Waals surface area contributed by atoms with Crippen molar-refractivity contribution >= 4 is 11.9 Å². The molecule has 0 heterocycles. The van der Waals surface area contributed by atoms with Crippen LogP contribution in [0, 0.1) is 0 Å². The van der Waals surface area contributed by atoms with Crippen LogP contribution in [0.2, 0.25) is 0 Å². The molecule has 0 aromatic heterocycles. The fourth-order valence-electron chi connectivity index (χ4n) is 2.16. The molecule has 0 saturated heterocycles. The molecule has 0 unspecified atom stereocenters. The van der Waals surface area contributed by atoms with Crippen LogP contribution in [0.25, 0.3) is 0 Å². The lowest BCUT2D eigenvalue weighted by Gasteiger charge is -2.01. The van der Waals surface area contributed by atoms with Gasteiger partial charge in [0.1, 0.15) is 0 Å². The smallest absolute Gasteiger partial charge is 0.330 e. The van der Waals surface area contributed by atoms with Crippen molar-refractivity contribution in [2.45, 2.75) is 90.9 Å². The van der Waals surface area contributed by atoms with Crippen molar-refractivity contribution in [2.24, 2.45) is 0 Å². The molecule has 2 N–H and O–H groups in total. The van der Waals surface area contributed by atoms with E-state index in [1.165, 1.54) is 63.9 Å². The van der Waals surface area contributed by atoms with Gasteiger partial charge < -0.3 is 10.2 Å². The van der Waals surface area contributed by atoms with Crippen LogP contribution in [-0.2, 0) is 9.59 Å². The zero-order chi connectivity index (χ0) is 18.6. The van der Waals surface area contributed by atoms with Crippen LogP contribution in [0.3, 0.4) is 0 Å². The second-order valence-electron chi connectivity index (χ2n) is 6.05. The number of aliphatic carboxylic acids is 2. The first-order valence-corrected chi connectivity index (χ1v) is 9.18. The highest BCUT2D eigenvalue weighted by Crippen LogP contribution is 2.11. The summed E-state index contributed by atoms with van der Waals surface area (Å²) in [4.78, 5) is 20.1. The molecule has 0 saturated carbocycles. The maximum Gasteiger partial charge on any atom is 0.330 e. The molecule has 0 aliphatic carbocycles. The minimum Gasteiger partial charge on any atom is -0.481 e. The number of rotatable bonds is 14. The Hall–Kier alpha value is -1.58. The van der Waals surface area contributed by atoms with Gasteiger partial charge in [-0.15, -0.1) is 6.58 Å². The first kappa shape index (κ1) is 24.7. The fourth-order valence-corrected chi connectivity index (χ4v) is 2.16. The largest absolute Gasteiger partial charge is 0.481 e. The van der Waals surface area contributed by atoms with E-state index in [0.717, 1.165) is 12.8 Å². The summed E-state index contributed by atoms with van der Waals surface area (Å²) in [6.07, 6.45) is 17.4. The Labute approximate surface area is 147 Å². The third-order valence-corrected chi connectivity index (χ3v) is 3.66. The fraction of sp³-hybridized carbons (Fsp3) is 0.700. The molecule has 4 heteroatoms. The van der Waals surface area contributed by atoms with Crippen molar-refractivity contribution in [3.05, 3.63) is 24.3 Å². The van der Waals surface area contributed by atoms with Gasteiger partial charge in [0.15, 0.2) is 0 Å². The number of carboxylic acids is 2. The molecule has 0 aromatic carbocycles. The van der Waals surface area contributed by atoms with E-state index in [0.29, 0.717) is 5.57 Å². The van der Waals surface area contributed by atoms with Crippen molar-refractivity contribution in [1.29, 1.82) is 0 Å². The van der Waals surface area contributed by atoms with Crippen molar-refractivity contribution in [1.82, 2.24) is 0 Å². The molecule has 0 bridgehead atoms. The van der Waals surface area contributed by atoms with Gasteiger partial charge in [-0.3, -0.25) is 4.79 Å². The summed E-state index contributed by atoms with van der Waals surface area (Å²) in [6.45, 7) is 7.14. The Kier molecular flexibility index (Phi) is 20.0. The number of hydrogen-bond donors (Lipinski definition) is 2. The van der Waals surface area contributed by atoms with Gasteiger partial charge in [0.2, 0.25) is 0 Å². The predicted octanol–water partition coefficient (Wildman–Crippen LogP) is 5.98. The third kappa shape index (κ3) is 22.7. The second-order valence-corrected chi connectivity index (χ2v) is 6.05. The summed E-state index contributed by atoms with van der Waals surface area (Å²) in [6, 6.07) is 0. The Bertz CT molecular complexity index is 359. The van der Waals surface area contributed by atoms with Gasteiger partial charge in [-0.1, -0.05) is 76.9 Å². The van der Waals surface area contributed by atoms with Gasteiger partial charge in [0.05, 0.1) is 6.42 Å². The van der Waals surface area contributed by atoms with Gasteiger partial charge in [-0.25, -0.2) is 4.79 Å². The molecule has 0 radical (unpaired) electrons. The quantitative estimate of drug-likeness (QED) is 0.232. The molecule has 0 aliphatic rings. The number of hydrogen-bond acceptors (Lipinski definition) is 2. The maximum atomic E-state index is 10.5. The molecule has 4 nitrogen and oxygen atoms in total. The van der Waals surface area contributed by atoms with Gasteiger partial charge >= 0.3 is 11.9 Å². The van der Waals surface area contributed by atoms with Crippen LogP contribution in [0.5, 0.6) is 0 Å². The zero-order valence-corrected chi connectivity index (χ0v) is 15.6. The summed E-state index contributed by atoms with van der Waals surface area (Å²) in [5.41, 5.74) is 0.478. The molecular weight excluding hydrogens is 304 g/mol. The molecule has 0 aromatic rings. The topological polar surface area (TPSA) is 74.6 Å². The Morgan fingerprint density at radius 3 is 1.67 bits per heavy atom. The monoisotopic (exact) mass is 340 g/mol. The standard InChI is InChI=1S/C16H30O2.C4H6O2/c1-3-4-5-6-7-8-9-10-11-12-13-14-15(2)16(17)18;1-2-3-4(5)6/h14H,3-13H2,1-2H3,(H,17,18);2H,1,3H2,(H,5,6). The van der Waals surface area contributed by atoms with E-state index in [4.69, 9.17) is 10.2 Å². The van der Waals surface area contributed by atoms with E-state index in [1.54, 1.807) is 6.92 Å². The predicted molar refractivity (Wildman–Crippen MR) is 100 cm³/mol. The molecule has 0 rings (SSSR count). The van der Waals surface area contributed by atoms with Gasteiger partial charge in [-0.2, -0.15) is 0 Å². The summed E-state index contributed by atoms with van der Waals surface area (Å²) in [5.74, 6) is -1.62. The Balaban J connectivity index is 0. The van der Waals surface area contributed by atoms with Crippen LogP contribution in [-0.4, -0.2) is 22.2 Å². The van der Waals surface area contributed by atoms with Gasteiger partial charge in [-0.05, 0) is 19.8 Å². The lowest BCUT2D eigenvalue weighted by molar-refractivity contribution is -0.136. The minimum atomic E-state index is -0.829. The SMILES string of the molecule is C=CCC(=O)O.CCCCCCCCCCCCC=C(C)C(=O)O. The highest BCUT2D eigenvalue weighted by molar-refractivity contribution is 5.85. The molecule has 24 heavy (non-hydrogen) atoms. The van der Waals surface area contributed by atoms with Crippen LogP contribution in [0.4, 0.5) is 0 Å². The summed E-state index contributed by atoms with van der Waals surface area (Å²) >= 11 is 0. The zero-order valence-electron chi connectivity index (χ0n) is 15.6. The molecule has 140 valence electrons. The number of carbonyl (C=O) groups is 2. The van der Waals surface area contributed by atoms with E-state index in [-0.39, 0.29) is 6.42 Å². The van der Waals surface area contributed by atoms with E-state index in [2.05, 4.69) is 13.5 Å². The molecule has 0 atom stereocenters. The molecule has 0 amide bonds.